The molecule has 0 radical (unpaired) electrons. The van der Waals surface area contributed by atoms with Crippen molar-refractivity contribution in [2.75, 3.05) is 19.9 Å². The van der Waals surface area contributed by atoms with Crippen LogP contribution in [0.5, 0.6) is 11.5 Å². The second kappa shape index (κ2) is 6.65. The van der Waals surface area contributed by atoms with Gasteiger partial charge in [0.05, 0.1) is 6.10 Å². The number of benzene rings is 1. The molecule has 2 N–H and O–H groups in total. The Balaban J connectivity index is 1.44. The molecule has 3 rings (SSSR count). The molecule has 2 aliphatic rings. The minimum Gasteiger partial charge on any atom is -0.454 e. The van der Waals surface area contributed by atoms with Crippen molar-refractivity contribution < 1.29 is 23.8 Å². The highest BCUT2D eigenvalue weighted by Crippen LogP contribution is 2.32. The van der Waals surface area contributed by atoms with Gasteiger partial charge in [0.15, 0.2) is 11.5 Å². The van der Waals surface area contributed by atoms with Gasteiger partial charge in [0, 0.05) is 19.7 Å². The largest absolute Gasteiger partial charge is 0.454 e. The Hall–Kier alpha value is -2.28. The summed E-state index contributed by atoms with van der Waals surface area (Å²) < 4.78 is 15.9. The molecule has 0 unspecified atom stereocenters. The maximum atomic E-state index is 11.7. The van der Waals surface area contributed by atoms with E-state index in [-0.39, 0.29) is 19.4 Å². The summed E-state index contributed by atoms with van der Waals surface area (Å²) >= 11 is 0. The van der Waals surface area contributed by atoms with Gasteiger partial charge in [-0.3, -0.25) is 9.59 Å². The molecule has 0 aliphatic carbocycles. The number of hydrogen-bond acceptors (Lipinski definition) is 5. The van der Waals surface area contributed by atoms with E-state index < -0.39 is 11.8 Å². The van der Waals surface area contributed by atoms with Crippen LogP contribution in [0.15, 0.2) is 18.2 Å². The van der Waals surface area contributed by atoms with E-state index in [1.165, 1.54) is 0 Å². The molecule has 2 aliphatic heterocycles. The second-order valence-corrected chi connectivity index (χ2v) is 5.22. The molecule has 1 saturated heterocycles. The van der Waals surface area contributed by atoms with Gasteiger partial charge in [-0.05, 0) is 30.5 Å². The summed E-state index contributed by atoms with van der Waals surface area (Å²) in [4.78, 5) is 23.4. The van der Waals surface area contributed by atoms with Crippen LogP contribution >= 0.6 is 0 Å². The van der Waals surface area contributed by atoms with Gasteiger partial charge in [0.25, 0.3) is 0 Å². The van der Waals surface area contributed by atoms with Crippen molar-refractivity contribution in [3.05, 3.63) is 23.8 Å². The van der Waals surface area contributed by atoms with Crippen LogP contribution in [0, 0.1) is 0 Å². The number of rotatable bonds is 4. The van der Waals surface area contributed by atoms with Gasteiger partial charge in [-0.25, -0.2) is 0 Å². The lowest BCUT2D eigenvalue weighted by molar-refractivity contribution is -0.139. The molecule has 0 aromatic heterocycles. The van der Waals surface area contributed by atoms with E-state index >= 15 is 0 Å². The van der Waals surface area contributed by atoms with Crippen LogP contribution in [0.3, 0.4) is 0 Å². The van der Waals surface area contributed by atoms with Crippen molar-refractivity contribution in [1.82, 2.24) is 10.6 Å². The summed E-state index contributed by atoms with van der Waals surface area (Å²) in [5, 5.41) is 5.16. The van der Waals surface area contributed by atoms with Crippen LogP contribution in [-0.4, -0.2) is 37.9 Å². The SMILES string of the molecule is O=C(NCc1ccc2c(c1)OCO2)C(=O)NC[C@H]1CCCO1. The Kier molecular flexibility index (Phi) is 4.43. The minimum atomic E-state index is -0.657. The number of nitrogens with one attached hydrogen (secondary N) is 2. The molecule has 118 valence electrons. The van der Waals surface area contributed by atoms with E-state index in [0.29, 0.717) is 18.0 Å². The Labute approximate surface area is 127 Å². The average Bonchev–Trinajstić information content (AvgIpc) is 3.20. The lowest BCUT2D eigenvalue weighted by Crippen LogP contribution is -2.42. The molecular formula is C15H18N2O5. The fourth-order valence-corrected chi connectivity index (χ4v) is 2.41. The summed E-state index contributed by atoms with van der Waals surface area (Å²) in [6.07, 6.45) is 1.93. The lowest BCUT2D eigenvalue weighted by atomic mass is 10.2. The van der Waals surface area contributed by atoms with Crippen LogP contribution in [0.2, 0.25) is 0 Å². The Bertz CT molecular complexity index is 569. The van der Waals surface area contributed by atoms with Gasteiger partial charge in [-0.15, -0.1) is 0 Å². The fourth-order valence-electron chi connectivity index (χ4n) is 2.41. The highest BCUT2D eigenvalue weighted by Gasteiger charge is 2.19. The lowest BCUT2D eigenvalue weighted by Gasteiger charge is -2.11. The van der Waals surface area contributed by atoms with Gasteiger partial charge >= 0.3 is 11.8 Å². The third-order valence-electron chi connectivity index (χ3n) is 3.61. The molecule has 1 aromatic rings. The Morgan fingerprint density at radius 1 is 1.14 bits per heavy atom. The van der Waals surface area contributed by atoms with Crippen LogP contribution < -0.4 is 20.1 Å². The van der Waals surface area contributed by atoms with Crippen molar-refractivity contribution >= 4 is 11.8 Å². The van der Waals surface area contributed by atoms with E-state index in [1.54, 1.807) is 12.1 Å². The summed E-state index contributed by atoms with van der Waals surface area (Å²) in [5.74, 6) is 0.0332. The van der Waals surface area contributed by atoms with Crippen LogP contribution in [0.4, 0.5) is 0 Å². The number of carbonyl (C=O) groups is 2. The summed E-state index contributed by atoms with van der Waals surface area (Å²) in [7, 11) is 0. The summed E-state index contributed by atoms with van der Waals surface area (Å²) in [5.41, 5.74) is 0.838. The average molecular weight is 306 g/mol. The number of hydrogen-bond donors (Lipinski definition) is 2. The molecule has 1 fully saturated rings. The zero-order chi connectivity index (χ0) is 15.4. The zero-order valence-electron chi connectivity index (χ0n) is 12.1. The molecule has 1 aromatic carbocycles. The molecule has 0 saturated carbocycles. The first-order valence-electron chi connectivity index (χ1n) is 7.28. The molecular weight excluding hydrogens is 288 g/mol. The van der Waals surface area contributed by atoms with Crippen molar-refractivity contribution in [2.24, 2.45) is 0 Å². The van der Waals surface area contributed by atoms with Crippen LogP contribution in [0.1, 0.15) is 18.4 Å². The normalized spacial score (nSPS) is 19.0. The van der Waals surface area contributed by atoms with E-state index in [9.17, 15) is 9.59 Å². The first-order chi connectivity index (χ1) is 10.7. The molecule has 0 spiro atoms. The number of fused-ring (bicyclic) bond motifs is 1. The second-order valence-electron chi connectivity index (χ2n) is 5.22. The molecule has 22 heavy (non-hydrogen) atoms. The van der Waals surface area contributed by atoms with Crippen molar-refractivity contribution in [3.8, 4) is 11.5 Å². The van der Waals surface area contributed by atoms with Gasteiger partial charge in [0.2, 0.25) is 6.79 Å². The molecule has 7 heteroatoms. The number of ether oxygens (including phenoxy) is 3. The fraction of sp³-hybridized carbons (Fsp3) is 0.467. The molecule has 7 nitrogen and oxygen atoms in total. The van der Waals surface area contributed by atoms with Crippen molar-refractivity contribution in [2.45, 2.75) is 25.5 Å². The first-order valence-corrected chi connectivity index (χ1v) is 7.28. The quantitative estimate of drug-likeness (QED) is 0.783. The molecule has 2 amide bonds. The highest BCUT2D eigenvalue weighted by atomic mass is 16.7. The van der Waals surface area contributed by atoms with Gasteiger partial charge < -0.3 is 24.8 Å². The summed E-state index contributed by atoms with van der Waals surface area (Å²) in [6.45, 7) is 1.55. The minimum absolute atomic E-state index is 0.0191. The smallest absolute Gasteiger partial charge is 0.309 e. The Morgan fingerprint density at radius 2 is 1.95 bits per heavy atom. The van der Waals surface area contributed by atoms with Crippen LogP contribution in [-0.2, 0) is 20.9 Å². The van der Waals surface area contributed by atoms with E-state index in [0.717, 1.165) is 25.0 Å². The molecule has 1 atom stereocenters. The predicted octanol–water partition coefficient (Wildman–Crippen LogP) is 0.327. The monoisotopic (exact) mass is 306 g/mol. The predicted molar refractivity (Wildman–Crippen MR) is 76.4 cm³/mol. The third kappa shape index (κ3) is 3.48. The molecule has 2 heterocycles. The third-order valence-corrected chi connectivity index (χ3v) is 3.61. The number of amides is 2. The maximum absolute atomic E-state index is 11.7. The molecule has 0 bridgehead atoms. The van der Waals surface area contributed by atoms with E-state index in [4.69, 9.17) is 14.2 Å². The van der Waals surface area contributed by atoms with E-state index in [2.05, 4.69) is 10.6 Å². The zero-order valence-corrected chi connectivity index (χ0v) is 12.1. The van der Waals surface area contributed by atoms with E-state index in [1.807, 2.05) is 6.07 Å². The Morgan fingerprint density at radius 3 is 2.77 bits per heavy atom. The van der Waals surface area contributed by atoms with Gasteiger partial charge in [0.1, 0.15) is 0 Å². The van der Waals surface area contributed by atoms with Crippen LogP contribution in [0.25, 0.3) is 0 Å². The van der Waals surface area contributed by atoms with Crippen molar-refractivity contribution in [3.63, 3.8) is 0 Å². The number of carbonyl (C=O) groups excluding carboxylic acids is 2. The topological polar surface area (TPSA) is 85.9 Å². The standard InChI is InChI=1S/C15H18N2O5/c18-14(15(19)17-8-11-2-1-5-20-11)16-7-10-3-4-12-13(6-10)22-9-21-12/h3-4,6,11H,1-2,5,7-9H2,(H,16,18)(H,17,19)/t11-/m1/s1. The van der Waals surface area contributed by atoms with Crippen molar-refractivity contribution in [1.29, 1.82) is 0 Å². The first kappa shape index (κ1) is 14.6. The van der Waals surface area contributed by atoms with Gasteiger partial charge in [-0.1, -0.05) is 6.07 Å². The highest BCUT2D eigenvalue weighted by molar-refractivity contribution is 6.35. The summed E-state index contributed by atoms with van der Waals surface area (Å²) in [6, 6.07) is 5.38. The van der Waals surface area contributed by atoms with Gasteiger partial charge in [-0.2, -0.15) is 0 Å². The maximum Gasteiger partial charge on any atom is 0.309 e.